The van der Waals surface area contributed by atoms with Gasteiger partial charge in [0, 0.05) is 24.2 Å². The van der Waals surface area contributed by atoms with E-state index in [1.54, 1.807) is 30.5 Å². The molecule has 2 heterocycles. The Morgan fingerprint density at radius 2 is 1.95 bits per heavy atom. The molecule has 21 heavy (non-hydrogen) atoms. The van der Waals surface area contributed by atoms with Gasteiger partial charge in [-0.05, 0) is 30.7 Å². The monoisotopic (exact) mass is 303 g/mol. The van der Waals surface area contributed by atoms with E-state index >= 15 is 0 Å². The number of fused-ring (bicyclic) bond motifs is 1. The van der Waals surface area contributed by atoms with Gasteiger partial charge in [-0.15, -0.1) is 0 Å². The predicted molar refractivity (Wildman–Crippen MR) is 83.5 cm³/mol. The molecule has 0 N–H and O–H groups in total. The summed E-state index contributed by atoms with van der Waals surface area (Å²) in [5, 5.41) is 0.592. The van der Waals surface area contributed by atoms with Gasteiger partial charge in [0.15, 0.2) is 0 Å². The summed E-state index contributed by atoms with van der Waals surface area (Å²) in [6, 6.07) is 6.92. The molecule has 1 aliphatic heterocycles. The highest BCUT2D eigenvalue weighted by Crippen LogP contribution is 2.23. The van der Waals surface area contributed by atoms with Crippen molar-refractivity contribution in [2.45, 2.75) is 26.3 Å². The Hall–Kier alpha value is -2.14. The van der Waals surface area contributed by atoms with E-state index in [4.69, 9.17) is 11.6 Å². The second kappa shape index (κ2) is 5.33. The van der Waals surface area contributed by atoms with E-state index in [2.05, 4.69) is 4.99 Å². The molecular formula is C15H14ClN3O2. The third-order valence-electron chi connectivity index (χ3n) is 3.45. The molecule has 0 fully saturated rings. The van der Waals surface area contributed by atoms with Crippen LogP contribution >= 0.6 is 11.6 Å². The number of hydrogen-bond acceptors (Lipinski definition) is 3. The van der Waals surface area contributed by atoms with Gasteiger partial charge in [-0.1, -0.05) is 18.5 Å². The van der Waals surface area contributed by atoms with Gasteiger partial charge < -0.3 is 0 Å². The molecule has 0 saturated heterocycles. The van der Waals surface area contributed by atoms with Crippen molar-refractivity contribution < 1.29 is 0 Å². The second-order valence-corrected chi connectivity index (χ2v) is 5.31. The molecule has 1 aromatic heterocycles. The fourth-order valence-electron chi connectivity index (χ4n) is 2.47. The van der Waals surface area contributed by atoms with Crippen LogP contribution in [0.25, 0.3) is 5.69 Å². The minimum atomic E-state index is -0.359. The summed E-state index contributed by atoms with van der Waals surface area (Å²) < 4.78 is 2.76. The van der Waals surface area contributed by atoms with E-state index in [0.717, 1.165) is 6.42 Å². The Kier molecular flexibility index (Phi) is 3.51. The van der Waals surface area contributed by atoms with Crippen molar-refractivity contribution in [3.63, 3.8) is 0 Å². The Morgan fingerprint density at radius 1 is 1.24 bits per heavy atom. The zero-order chi connectivity index (χ0) is 15.0. The Morgan fingerprint density at radius 3 is 2.62 bits per heavy atom. The fraction of sp³-hybridized carbons (Fsp3) is 0.267. The minimum Gasteiger partial charge on any atom is -0.269 e. The van der Waals surface area contributed by atoms with E-state index in [1.807, 2.05) is 6.92 Å². The minimum absolute atomic E-state index is 0.237. The molecule has 0 unspecified atom stereocenters. The number of benzene rings is 1. The molecule has 3 rings (SSSR count). The standard InChI is InChI=1S/C15H14ClN3O2/c1-2-9-18-14(20)12-7-8-17-13(12)19(15(18)21)11-5-3-10(16)4-6-11/h3-6,8H,2,7,9H2,1H3. The van der Waals surface area contributed by atoms with Crippen molar-refractivity contribution >= 4 is 23.6 Å². The number of rotatable bonds is 3. The molecular weight excluding hydrogens is 290 g/mol. The number of nitrogens with zero attached hydrogens (tertiary/aromatic N) is 3. The van der Waals surface area contributed by atoms with Crippen LogP contribution in [0.5, 0.6) is 0 Å². The maximum atomic E-state index is 12.6. The van der Waals surface area contributed by atoms with Crippen LogP contribution < -0.4 is 11.2 Å². The lowest BCUT2D eigenvalue weighted by atomic mass is 10.2. The first kappa shape index (κ1) is 13.8. The van der Waals surface area contributed by atoms with Gasteiger partial charge in [0.2, 0.25) is 0 Å². The van der Waals surface area contributed by atoms with E-state index in [-0.39, 0.29) is 11.2 Å². The number of aromatic nitrogens is 2. The summed E-state index contributed by atoms with van der Waals surface area (Å²) >= 11 is 5.89. The Labute approximate surface area is 126 Å². The van der Waals surface area contributed by atoms with Crippen LogP contribution in [0.3, 0.4) is 0 Å². The quantitative estimate of drug-likeness (QED) is 0.874. The van der Waals surface area contributed by atoms with Crippen molar-refractivity contribution in [1.82, 2.24) is 9.13 Å². The fourth-order valence-corrected chi connectivity index (χ4v) is 2.60. The van der Waals surface area contributed by atoms with Gasteiger partial charge in [-0.3, -0.25) is 9.36 Å². The molecule has 1 aromatic carbocycles. The van der Waals surface area contributed by atoms with Gasteiger partial charge in [0.1, 0.15) is 5.82 Å². The zero-order valence-corrected chi connectivity index (χ0v) is 12.3. The molecule has 2 aromatic rings. The molecule has 0 spiro atoms. The zero-order valence-electron chi connectivity index (χ0n) is 11.5. The van der Waals surface area contributed by atoms with Crippen LogP contribution in [0, 0.1) is 0 Å². The van der Waals surface area contributed by atoms with Gasteiger partial charge in [-0.25, -0.2) is 14.4 Å². The van der Waals surface area contributed by atoms with E-state index in [0.29, 0.717) is 35.1 Å². The van der Waals surface area contributed by atoms with Crippen LogP contribution in [0.2, 0.25) is 5.02 Å². The van der Waals surface area contributed by atoms with Crippen LogP contribution in [0.15, 0.2) is 38.8 Å². The van der Waals surface area contributed by atoms with Crippen LogP contribution in [-0.4, -0.2) is 15.3 Å². The van der Waals surface area contributed by atoms with E-state index in [9.17, 15) is 9.59 Å². The summed E-state index contributed by atoms with van der Waals surface area (Å²) in [7, 11) is 0. The van der Waals surface area contributed by atoms with E-state index < -0.39 is 0 Å². The molecule has 6 heteroatoms. The lowest BCUT2D eigenvalue weighted by Crippen LogP contribution is -2.40. The number of aliphatic imine (C=N–C) groups is 1. The van der Waals surface area contributed by atoms with Crippen molar-refractivity contribution in [2.24, 2.45) is 4.99 Å². The maximum absolute atomic E-state index is 12.6. The molecule has 0 radical (unpaired) electrons. The van der Waals surface area contributed by atoms with E-state index in [1.165, 1.54) is 9.13 Å². The third kappa shape index (κ3) is 2.23. The van der Waals surface area contributed by atoms with Crippen molar-refractivity contribution in [3.8, 4) is 5.69 Å². The SMILES string of the molecule is CCCn1c(=O)c2c(n(-c3ccc(Cl)cc3)c1=O)N=CC2. The highest BCUT2D eigenvalue weighted by Gasteiger charge is 2.21. The highest BCUT2D eigenvalue weighted by molar-refractivity contribution is 6.30. The number of hydrogen-bond donors (Lipinski definition) is 0. The third-order valence-corrected chi connectivity index (χ3v) is 3.70. The first-order chi connectivity index (χ1) is 10.1. The topological polar surface area (TPSA) is 56.4 Å². The highest BCUT2D eigenvalue weighted by atomic mass is 35.5. The van der Waals surface area contributed by atoms with Crippen molar-refractivity contribution in [3.05, 3.63) is 55.7 Å². The lowest BCUT2D eigenvalue weighted by Gasteiger charge is -2.13. The average molecular weight is 304 g/mol. The summed E-state index contributed by atoms with van der Waals surface area (Å²) in [5.74, 6) is 0.430. The normalized spacial score (nSPS) is 12.7. The van der Waals surface area contributed by atoms with Crippen LogP contribution in [-0.2, 0) is 13.0 Å². The lowest BCUT2D eigenvalue weighted by molar-refractivity contribution is 0.595. The summed E-state index contributed by atoms with van der Waals surface area (Å²) in [5.41, 5.74) is 0.629. The smallest absolute Gasteiger partial charge is 0.269 e. The molecule has 0 bridgehead atoms. The predicted octanol–water partition coefficient (Wildman–Crippen LogP) is 2.32. The van der Waals surface area contributed by atoms with Gasteiger partial charge in [0.05, 0.1) is 11.3 Å². The molecule has 5 nitrogen and oxygen atoms in total. The van der Waals surface area contributed by atoms with Gasteiger partial charge >= 0.3 is 5.69 Å². The molecule has 1 aliphatic rings. The first-order valence-electron chi connectivity index (χ1n) is 6.80. The van der Waals surface area contributed by atoms with Gasteiger partial charge in [-0.2, -0.15) is 0 Å². The Bertz CT molecular complexity index is 832. The molecule has 108 valence electrons. The molecule has 0 amide bonds. The molecule has 0 atom stereocenters. The molecule has 0 saturated carbocycles. The maximum Gasteiger partial charge on any atom is 0.337 e. The van der Waals surface area contributed by atoms with Crippen molar-refractivity contribution in [2.75, 3.05) is 0 Å². The largest absolute Gasteiger partial charge is 0.337 e. The first-order valence-corrected chi connectivity index (χ1v) is 7.18. The van der Waals surface area contributed by atoms with Crippen LogP contribution in [0.4, 0.5) is 5.82 Å². The van der Waals surface area contributed by atoms with Crippen molar-refractivity contribution in [1.29, 1.82) is 0 Å². The second-order valence-electron chi connectivity index (χ2n) is 4.87. The summed E-state index contributed by atoms with van der Waals surface area (Å²) in [6.45, 7) is 2.33. The molecule has 0 aliphatic carbocycles. The number of halogens is 1. The van der Waals surface area contributed by atoms with Crippen LogP contribution in [0.1, 0.15) is 18.9 Å². The van der Waals surface area contributed by atoms with Gasteiger partial charge in [0.25, 0.3) is 5.56 Å². The summed E-state index contributed by atoms with van der Waals surface area (Å²) in [6.07, 6.45) is 2.84. The summed E-state index contributed by atoms with van der Waals surface area (Å²) in [4.78, 5) is 29.2. The Balaban J connectivity index is 2.34. The average Bonchev–Trinajstić information content (AvgIpc) is 2.95.